The molecule has 0 spiro atoms. The van der Waals surface area contributed by atoms with Gasteiger partial charge in [-0.1, -0.05) is 32.0 Å². The second-order valence-electron chi connectivity index (χ2n) is 9.72. The minimum Gasteiger partial charge on any atom is -0.479 e. The molecule has 0 bridgehead atoms. The maximum Gasteiger partial charge on any atom is 0.212 e. The number of aromatic nitrogens is 1. The third-order valence-corrected chi connectivity index (χ3v) is 9.21. The highest BCUT2D eigenvalue weighted by molar-refractivity contribution is 7.91. The topological polar surface area (TPSA) is 83.9 Å². The zero-order valence-corrected chi connectivity index (χ0v) is 21.5. The second kappa shape index (κ2) is 9.74. The molecule has 7 nitrogen and oxygen atoms in total. The number of rotatable bonds is 6. The van der Waals surface area contributed by atoms with Gasteiger partial charge in [-0.15, -0.1) is 0 Å². The van der Waals surface area contributed by atoms with Crippen LogP contribution < -0.4 is 5.32 Å². The molecule has 0 amide bonds. The van der Waals surface area contributed by atoms with Crippen molar-refractivity contribution in [3.05, 3.63) is 59.4 Å². The largest absolute Gasteiger partial charge is 0.479 e. The van der Waals surface area contributed by atoms with Crippen molar-refractivity contribution >= 4 is 27.1 Å². The molecular formula is C27H34N4O3S. The molecule has 5 rings (SSSR count). The van der Waals surface area contributed by atoms with E-state index in [1.165, 1.54) is 0 Å². The summed E-state index contributed by atoms with van der Waals surface area (Å²) < 4.78 is 31.4. The summed E-state index contributed by atoms with van der Waals surface area (Å²) >= 11 is 0. The van der Waals surface area contributed by atoms with E-state index < -0.39 is 9.84 Å². The van der Waals surface area contributed by atoms with Gasteiger partial charge < -0.3 is 15.0 Å². The third kappa shape index (κ3) is 4.74. The number of anilines is 1. The molecule has 2 unspecified atom stereocenters. The second-order valence-corrected chi connectivity index (χ2v) is 12.0. The molecule has 1 fully saturated rings. The zero-order chi connectivity index (χ0) is 24.6. The lowest BCUT2D eigenvalue weighted by molar-refractivity contribution is 0.138. The van der Waals surface area contributed by atoms with Crippen LogP contribution in [0, 0.1) is 12.8 Å². The number of nitrogens with one attached hydrogen (secondary N) is 1. The van der Waals surface area contributed by atoms with Crippen LogP contribution in [0.2, 0.25) is 0 Å². The first kappa shape index (κ1) is 24.0. The van der Waals surface area contributed by atoms with E-state index in [0.717, 1.165) is 60.6 Å². The van der Waals surface area contributed by atoms with Crippen molar-refractivity contribution in [2.24, 2.45) is 10.9 Å². The SMILES string of the molecule is CCN1CCC(COC2=NC=C(c3cccc(S(=O)(=O)CC)c3)C3c4cc(C)cnc4NC23)CC1. The predicted octanol–water partition coefficient (Wildman–Crippen LogP) is 4.26. The third-order valence-electron chi connectivity index (χ3n) is 7.47. The molecule has 1 aromatic heterocycles. The molecule has 0 saturated carbocycles. The number of hydrogen-bond acceptors (Lipinski definition) is 7. The number of ether oxygens (including phenoxy) is 1. The zero-order valence-electron chi connectivity index (χ0n) is 20.7. The van der Waals surface area contributed by atoms with Crippen molar-refractivity contribution in [3.63, 3.8) is 0 Å². The molecule has 3 aliphatic rings. The Bertz CT molecular complexity index is 1260. The van der Waals surface area contributed by atoms with Crippen LogP contribution in [0.25, 0.3) is 5.57 Å². The first-order chi connectivity index (χ1) is 16.9. The summed E-state index contributed by atoms with van der Waals surface area (Å²) in [5, 5.41) is 3.54. The molecule has 35 heavy (non-hydrogen) atoms. The molecule has 4 heterocycles. The van der Waals surface area contributed by atoms with Crippen molar-refractivity contribution in [2.45, 2.75) is 50.5 Å². The van der Waals surface area contributed by atoms with Crippen LogP contribution >= 0.6 is 0 Å². The van der Waals surface area contributed by atoms with Gasteiger partial charge in [-0.25, -0.2) is 18.4 Å². The van der Waals surface area contributed by atoms with E-state index >= 15 is 0 Å². The minimum absolute atomic E-state index is 0.0496. The normalized spacial score (nSPS) is 22.6. The summed E-state index contributed by atoms with van der Waals surface area (Å²) in [4.78, 5) is 12.2. The number of fused-ring (bicyclic) bond motifs is 3. The maximum atomic E-state index is 12.5. The van der Waals surface area contributed by atoms with Gasteiger partial charge in [0.1, 0.15) is 11.9 Å². The van der Waals surface area contributed by atoms with E-state index in [0.29, 0.717) is 23.3 Å². The highest BCUT2D eigenvalue weighted by Crippen LogP contribution is 2.46. The number of benzene rings is 1. The van der Waals surface area contributed by atoms with Crippen molar-refractivity contribution in [1.82, 2.24) is 9.88 Å². The van der Waals surface area contributed by atoms with Gasteiger partial charge in [0.2, 0.25) is 5.90 Å². The molecule has 1 N–H and O–H groups in total. The Morgan fingerprint density at radius 1 is 1.17 bits per heavy atom. The van der Waals surface area contributed by atoms with Gasteiger partial charge in [0.05, 0.1) is 17.3 Å². The number of hydrogen-bond donors (Lipinski definition) is 1. The maximum absolute atomic E-state index is 12.5. The van der Waals surface area contributed by atoms with E-state index in [1.54, 1.807) is 19.1 Å². The first-order valence-electron chi connectivity index (χ1n) is 12.6. The number of aryl methyl sites for hydroxylation is 1. The summed E-state index contributed by atoms with van der Waals surface area (Å²) in [7, 11) is -3.31. The lowest BCUT2D eigenvalue weighted by Gasteiger charge is -2.32. The number of piperidine rings is 1. The van der Waals surface area contributed by atoms with Gasteiger partial charge in [-0.2, -0.15) is 0 Å². The van der Waals surface area contributed by atoms with E-state index in [4.69, 9.17) is 9.73 Å². The molecule has 3 aliphatic heterocycles. The van der Waals surface area contributed by atoms with Crippen molar-refractivity contribution < 1.29 is 13.2 Å². The summed E-state index contributed by atoms with van der Waals surface area (Å²) in [6.45, 7) is 9.93. The number of nitrogens with zero attached hydrogens (tertiary/aromatic N) is 3. The molecular weight excluding hydrogens is 460 g/mol. The molecule has 2 aromatic rings. The Labute approximate surface area is 208 Å². The monoisotopic (exact) mass is 494 g/mol. The van der Waals surface area contributed by atoms with Gasteiger partial charge >= 0.3 is 0 Å². The average Bonchev–Trinajstić information content (AvgIpc) is 3.26. The fourth-order valence-electron chi connectivity index (χ4n) is 5.29. The highest BCUT2D eigenvalue weighted by Gasteiger charge is 2.42. The first-order valence-corrected chi connectivity index (χ1v) is 14.2. The number of pyridine rings is 1. The van der Waals surface area contributed by atoms with Gasteiger partial charge in [0, 0.05) is 23.9 Å². The van der Waals surface area contributed by atoms with Crippen LogP contribution in [-0.2, 0) is 14.6 Å². The summed E-state index contributed by atoms with van der Waals surface area (Å²) in [6, 6.07) is 9.19. The fraction of sp³-hybridized carbons (Fsp3) is 0.481. The Morgan fingerprint density at radius 2 is 1.97 bits per heavy atom. The van der Waals surface area contributed by atoms with Gasteiger partial charge in [-0.3, -0.25) is 0 Å². The summed E-state index contributed by atoms with van der Waals surface area (Å²) in [5.41, 5.74) is 4.02. The van der Waals surface area contributed by atoms with E-state index in [9.17, 15) is 8.42 Å². The van der Waals surface area contributed by atoms with Gasteiger partial charge in [-0.05, 0) is 74.2 Å². The van der Waals surface area contributed by atoms with Crippen LogP contribution in [0.4, 0.5) is 5.82 Å². The highest BCUT2D eigenvalue weighted by atomic mass is 32.2. The Balaban J connectivity index is 1.46. The molecule has 8 heteroatoms. The number of likely N-dealkylation sites (tertiary alicyclic amines) is 1. The van der Waals surface area contributed by atoms with Crippen LogP contribution in [0.1, 0.15) is 49.3 Å². The molecule has 0 aliphatic carbocycles. The summed E-state index contributed by atoms with van der Waals surface area (Å²) in [6.07, 6.45) is 6.00. The molecule has 1 saturated heterocycles. The number of aliphatic imine (C=N–C) groups is 1. The Morgan fingerprint density at radius 3 is 2.71 bits per heavy atom. The molecule has 186 valence electrons. The number of sulfone groups is 1. The molecule has 1 aromatic carbocycles. The van der Waals surface area contributed by atoms with Crippen LogP contribution in [0.15, 0.2) is 52.6 Å². The smallest absolute Gasteiger partial charge is 0.212 e. The predicted molar refractivity (Wildman–Crippen MR) is 139 cm³/mol. The lowest BCUT2D eigenvalue weighted by atomic mass is 9.83. The van der Waals surface area contributed by atoms with E-state index in [1.807, 2.05) is 31.5 Å². The lowest BCUT2D eigenvalue weighted by Crippen LogP contribution is -2.38. The average molecular weight is 495 g/mol. The molecule has 0 radical (unpaired) electrons. The van der Waals surface area contributed by atoms with Gasteiger partial charge in [0.25, 0.3) is 0 Å². The van der Waals surface area contributed by atoms with Crippen LogP contribution in [0.3, 0.4) is 0 Å². The fourth-order valence-corrected chi connectivity index (χ4v) is 6.22. The Hall–Kier alpha value is -2.71. The summed E-state index contributed by atoms with van der Waals surface area (Å²) in [5.74, 6) is 2.08. The minimum atomic E-state index is -3.31. The van der Waals surface area contributed by atoms with E-state index in [2.05, 4.69) is 28.2 Å². The quantitative estimate of drug-likeness (QED) is 0.646. The van der Waals surface area contributed by atoms with E-state index in [-0.39, 0.29) is 17.7 Å². The van der Waals surface area contributed by atoms with Gasteiger partial charge in [0.15, 0.2) is 9.84 Å². The van der Waals surface area contributed by atoms with Crippen molar-refractivity contribution in [2.75, 3.05) is 37.3 Å². The molecule has 2 atom stereocenters. The standard InChI is InChI=1S/C27H34N4O3S/c1-4-31-11-9-19(10-12-31)17-34-27-25-24(22-13-18(3)15-28-26(22)30-25)23(16-29-27)20-7-6-8-21(14-20)35(32,33)5-2/h6-8,13-16,19,24-25H,4-5,9-12,17H2,1-3H3,(H,28,30). The van der Waals surface area contributed by atoms with Crippen molar-refractivity contribution in [3.8, 4) is 0 Å². The van der Waals surface area contributed by atoms with Crippen LogP contribution in [-0.4, -0.2) is 62.2 Å². The Kier molecular flexibility index (Phi) is 6.68. The van der Waals surface area contributed by atoms with Crippen LogP contribution in [0.5, 0.6) is 0 Å². The van der Waals surface area contributed by atoms with Crippen molar-refractivity contribution in [1.29, 1.82) is 0 Å².